The number of benzene rings is 1. The second-order valence-electron chi connectivity index (χ2n) is 5.90. The third kappa shape index (κ3) is 2.90. The lowest BCUT2D eigenvalue weighted by Gasteiger charge is -2.29. The number of aryl methyl sites for hydroxylation is 1. The first-order chi connectivity index (χ1) is 12.9. The largest absolute Gasteiger partial charge is 0.497 e. The lowest BCUT2D eigenvalue weighted by molar-refractivity contribution is -0.144. The number of anilines is 1. The van der Waals surface area contributed by atoms with E-state index in [-0.39, 0.29) is 5.56 Å². The van der Waals surface area contributed by atoms with Gasteiger partial charge < -0.3 is 19.1 Å². The minimum atomic E-state index is -1.11. The highest BCUT2D eigenvalue weighted by molar-refractivity contribution is 5.92. The molecule has 1 aliphatic rings. The molecule has 142 valence electrons. The van der Waals surface area contributed by atoms with Gasteiger partial charge in [0.25, 0.3) is 5.56 Å². The van der Waals surface area contributed by atoms with E-state index in [2.05, 4.69) is 5.10 Å². The number of carbonyl (C=O) groups excluding carboxylic acids is 2. The third-order valence-corrected chi connectivity index (χ3v) is 4.55. The van der Waals surface area contributed by atoms with E-state index in [1.54, 1.807) is 24.3 Å². The number of hydrogen-bond acceptors (Lipinski definition) is 8. The molecule has 2 atom stereocenters. The lowest BCUT2D eigenvalue weighted by Crippen LogP contribution is -2.37. The summed E-state index contributed by atoms with van der Waals surface area (Å²) < 4.78 is 16.1. The highest BCUT2D eigenvalue weighted by atomic mass is 16.5. The van der Waals surface area contributed by atoms with Crippen LogP contribution in [0.4, 0.5) is 5.69 Å². The average molecular weight is 373 g/mol. The van der Waals surface area contributed by atoms with Crippen LogP contribution in [0, 0.1) is 0 Å². The van der Waals surface area contributed by atoms with Gasteiger partial charge in [-0.25, -0.2) is 14.3 Å². The normalized spacial score (nSPS) is 18.0. The molecule has 0 unspecified atom stereocenters. The van der Waals surface area contributed by atoms with E-state index < -0.39 is 29.6 Å². The summed E-state index contributed by atoms with van der Waals surface area (Å²) in [5.41, 5.74) is 0.509. The molecule has 9 nitrogen and oxygen atoms in total. The van der Waals surface area contributed by atoms with Gasteiger partial charge in [0.05, 0.1) is 33.1 Å². The SMILES string of the molecule is COC(=O)[C@H]1c2cnn(C)c(=O)c2[C@H](C(=O)OC)N1c1ccc(OC)cc1. The van der Waals surface area contributed by atoms with Gasteiger partial charge in [0.1, 0.15) is 5.75 Å². The Hall–Kier alpha value is -3.36. The summed E-state index contributed by atoms with van der Waals surface area (Å²) in [5.74, 6) is -0.674. The maximum Gasteiger partial charge on any atom is 0.333 e. The molecule has 1 aromatic carbocycles. The van der Waals surface area contributed by atoms with E-state index in [0.717, 1.165) is 4.68 Å². The van der Waals surface area contributed by atoms with Crippen LogP contribution in [0.3, 0.4) is 0 Å². The molecule has 27 heavy (non-hydrogen) atoms. The fourth-order valence-corrected chi connectivity index (χ4v) is 3.25. The van der Waals surface area contributed by atoms with Gasteiger partial charge in [-0.15, -0.1) is 0 Å². The van der Waals surface area contributed by atoms with Crippen LogP contribution in [0.2, 0.25) is 0 Å². The first-order valence-electron chi connectivity index (χ1n) is 8.08. The number of ether oxygens (including phenoxy) is 3. The number of methoxy groups -OCH3 is 3. The molecule has 2 heterocycles. The molecular weight excluding hydrogens is 354 g/mol. The fourth-order valence-electron chi connectivity index (χ4n) is 3.25. The summed E-state index contributed by atoms with van der Waals surface area (Å²) in [5, 5.41) is 3.99. The molecule has 0 amide bonds. The first-order valence-corrected chi connectivity index (χ1v) is 8.08. The zero-order valence-corrected chi connectivity index (χ0v) is 15.3. The van der Waals surface area contributed by atoms with Crippen molar-refractivity contribution in [3.63, 3.8) is 0 Å². The lowest BCUT2D eigenvalue weighted by atomic mass is 10.1. The molecule has 0 fully saturated rings. The number of esters is 2. The van der Waals surface area contributed by atoms with Crippen molar-refractivity contribution < 1.29 is 23.8 Å². The van der Waals surface area contributed by atoms with Crippen molar-refractivity contribution in [2.75, 3.05) is 26.2 Å². The Labute approximate surface area is 155 Å². The van der Waals surface area contributed by atoms with E-state index in [0.29, 0.717) is 17.0 Å². The fraction of sp³-hybridized carbons (Fsp3) is 0.333. The number of aromatic nitrogens is 2. The summed E-state index contributed by atoms with van der Waals surface area (Å²) in [7, 11) is 5.48. The van der Waals surface area contributed by atoms with Crippen LogP contribution < -0.4 is 15.2 Å². The van der Waals surface area contributed by atoms with Crippen LogP contribution in [-0.4, -0.2) is 43.0 Å². The Balaban J connectivity index is 2.26. The molecule has 0 saturated carbocycles. The molecule has 9 heteroatoms. The van der Waals surface area contributed by atoms with Gasteiger partial charge >= 0.3 is 11.9 Å². The molecule has 0 saturated heterocycles. The van der Waals surface area contributed by atoms with Crippen LogP contribution >= 0.6 is 0 Å². The van der Waals surface area contributed by atoms with Gasteiger partial charge in [-0.05, 0) is 24.3 Å². The maximum absolute atomic E-state index is 12.7. The average Bonchev–Trinajstić information content (AvgIpc) is 3.05. The van der Waals surface area contributed by atoms with Crippen molar-refractivity contribution in [3.8, 4) is 5.75 Å². The summed E-state index contributed by atoms with van der Waals surface area (Å²) in [6.45, 7) is 0. The molecule has 0 aliphatic carbocycles. The molecular formula is C18H19N3O6. The molecule has 1 aliphatic heterocycles. The molecule has 0 radical (unpaired) electrons. The molecule has 3 rings (SSSR count). The van der Waals surface area contributed by atoms with Gasteiger partial charge in [0.2, 0.25) is 0 Å². The van der Waals surface area contributed by atoms with E-state index in [4.69, 9.17) is 14.2 Å². The number of rotatable bonds is 4. The van der Waals surface area contributed by atoms with Crippen LogP contribution in [0.1, 0.15) is 23.2 Å². The number of nitrogens with zero attached hydrogens (tertiary/aromatic N) is 3. The van der Waals surface area contributed by atoms with Crippen molar-refractivity contribution in [2.24, 2.45) is 7.05 Å². The standard InChI is InChI=1S/C18H19N3O6/c1-20-16(22)13-12(9-19-20)14(17(23)26-3)21(15(13)18(24)27-4)10-5-7-11(25-2)8-6-10/h5-9,14-15H,1-4H3/t14-,15-/m1/s1. The van der Waals surface area contributed by atoms with Crippen LogP contribution in [0.5, 0.6) is 5.75 Å². The van der Waals surface area contributed by atoms with Gasteiger partial charge in [-0.1, -0.05) is 0 Å². The van der Waals surface area contributed by atoms with Crippen LogP contribution in [-0.2, 0) is 26.1 Å². The van der Waals surface area contributed by atoms with Gasteiger partial charge in [0.15, 0.2) is 12.1 Å². The predicted octanol–water partition coefficient (Wildman–Crippen LogP) is 0.737. The summed E-state index contributed by atoms with van der Waals surface area (Å²) in [6, 6.07) is 4.64. The predicted molar refractivity (Wildman–Crippen MR) is 94.5 cm³/mol. The minimum absolute atomic E-state index is 0.144. The Morgan fingerprint density at radius 2 is 1.59 bits per heavy atom. The van der Waals surface area contributed by atoms with E-state index >= 15 is 0 Å². The van der Waals surface area contributed by atoms with Crippen molar-refractivity contribution in [1.82, 2.24) is 9.78 Å². The summed E-state index contributed by atoms with van der Waals surface area (Å²) in [6.07, 6.45) is 1.40. The molecule has 0 spiro atoms. The first kappa shape index (κ1) is 18.4. The Morgan fingerprint density at radius 3 is 2.15 bits per heavy atom. The van der Waals surface area contributed by atoms with Crippen molar-refractivity contribution in [2.45, 2.75) is 12.1 Å². The Kier molecular flexibility index (Phi) is 4.85. The molecule has 0 bridgehead atoms. The Bertz CT molecular complexity index is 937. The minimum Gasteiger partial charge on any atom is -0.497 e. The molecule has 1 aromatic heterocycles. The van der Waals surface area contributed by atoms with Crippen molar-refractivity contribution >= 4 is 17.6 Å². The van der Waals surface area contributed by atoms with Crippen LogP contribution in [0.15, 0.2) is 35.3 Å². The van der Waals surface area contributed by atoms with Crippen LogP contribution in [0.25, 0.3) is 0 Å². The highest BCUT2D eigenvalue weighted by Gasteiger charge is 2.49. The zero-order valence-electron chi connectivity index (χ0n) is 15.3. The highest BCUT2D eigenvalue weighted by Crippen LogP contribution is 2.44. The second-order valence-corrected chi connectivity index (χ2v) is 5.90. The monoisotopic (exact) mass is 373 g/mol. The summed E-state index contributed by atoms with van der Waals surface area (Å²) >= 11 is 0. The van der Waals surface area contributed by atoms with E-state index in [1.807, 2.05) is 0 Å². The number of fused-ring (bicyclic) bond motifs is 1. The smallest absolute Gasteiger partial charge is 0.333 e. The number of hydrogen-bond donors (Lipinski definition) is 0. The molecule has 0 N–H and O–H groups in total. The zero-order chi connectivity index (χ0) is 19.7. The van der Waals surface area contributed by atoms with Crippen molar-refractivity contribution in [3.05, 3.63) is 51.9 Å². The van der Waals surface area contributed by atoms with Crippen molar-refractivity contribution in [1.29, 1.82) is 0 Å². The van der Waals surface area contributed by atoms with Gasteiger partial charge in [-0.2, -0.15) is 5.10 Å². The number of carbonyl (C=O) groups is 2. The van der Waals surface area contributed by atoms with E-state index in [9.17, 15) is 14.4 Å². The Morgan fingerprint density at radius 1 is 1.00 bits per heavy atom. The second kappa shape index (κ2) is 7.10. The summed E-state index contributed by atoms with van der Waals surface area (Å²) in [4.78, 5) is 39.4. The third-order valence-electron chi connectivity index (χ3n) is 4.55. The van der Waals surface area contributed by atoms with Gasteiger partial charge in [-0.3, -0.25) is 4.79 Å². The molecule has 2 aromatic rings. The maximum atomic E-state index is 12.7. The van der Waals surface area contributed by atoms with Gasteiger partial charge in [0, 0.05) is 18.3 Å². The van der Waals surface area contributed by atoms with E-state index in [1.165, 1.54) is 39.5 Å². The quantitative estimate of drug-likeness (QED) is 0.724. The topological polar surface area (TPSA) is 100.0 Å².